The number of aromatic nitrogens is 2. The monoisotopic (exact) mass is 538 g/mol. The number of nitrogens with zero attached hydrogens (tertiary/aromatic N) is 4. The number of aliphatic hydroxyl groups is 1. The number of alkyl carbamates (subject to hydrolysis) is 1. The van der Waals surface area contributed by atoms with Crippen LogP contribution in [0.4, 0.5) is 23.7 Å². The van der Waals surface area contributed by atoms with Crippen LogP contribution in [0.1, 0.15) is 46.6 Å². The quantitative estimate of drug-likeness (QED) is 0.482. The fourth-order valence-corrected chi connectivity index (χ4v) is 5.19. The summed E-state index contributed by atoms with van der Waals surface area (Å²) in [4.78, 5) is 24.3. The molecule has 2 saturated heterocycles. The molecular formula is C26H37F3N6O3. The van der Waals surface area contributed by atoms with E-state index in [2.05, 4.69) is 32.4 Å². The number of rotatable bonds is 6. The number of fused-ring (bicyclic) bond motifs is 1. The molecule has 0 radical (unpaired) electrons. The van der Waals surface area contributed by atoms with E-state index in [0.717, 1.165) is 12.5 Å². The number of anilines is 1. The van der Waals surface area contributed by atoms with Crippen molar-refractivity contribution < 1.29 is 27.8 Å². The minimum absolute atomic E-state index is 0.0428. The van der Waals surface area contributed by atoms with Crippen LogP contribution in [0, 0.1) is 5.92 Å². The third kappa shape index (κ3) is 6.65. The van der Waals surface area contributed by atoms with Crippen LogP contribution in [0.5, 0.6) is 0 Å². The summed E-state index contributed by atoms with van der Waals surface area (Å²) in [6, 6.07) is 2.21. The van der Waals surface area contributed by atoms with E-state index >= 15 is 0 Å². The lowest BCUT2D eigenvalue weighted by molar-refractivity contribution is -0.136. The molecule has 0 aliphatic carbocycles. The average Bonchev–Trinajstić information content (AvgIpc) is 2.77. The number of likely N-dealkylation sites (tertiary alicyclic amines) is 1. The first-order valence-electron chi connectivity index (χ1n) is 12.9. The lowest BCUT2D eigenvalue weighted by Crippen LogP contribution is -2.66. The Balaban J connectivity index is 1.37. The second-order valence-electron chi connectivity index (χ2n) is 11.5. The summed E-state index contributed by atoms with van der Waals surface area (Å²) in [5.41, 5.74) is -0.719. The first kappa shape index (κ1) is 28.3. The molecule has 9 nitrogen and oxygen atoms in total. The Hall–Kier alpha value is -2.70. The first-order chi connectivity index (χ1) is 17.7. The van der Waals surface area contributed by atoms with Gasteiger partial charge in [-0.15, -0.1) is 0 Å². The number of hydrogen-bond acceptors (Lipinski definition) is 8. The second kappa shape index (κ2) is 10.8. The fourth-order valence-electron chi connectivity index (χ4n) is 5.19. The van der Waals surface area contributed by atoms with Crippen molar-refractivity contribution >= 4 is 22.8 Å². The predicted octanol–water partition coefficient (Wildman–Crippen LogP) is 3.37. The van der Waals surface area contributed by atoms with E-state index in [1.807, 2.05) is 32.6 Å². The van der Waals surface area contributed by atoms with E-state index in [1.165, 1.54) is 18.5 Å². The first-order valence-corrected chi connectivity index (χ1v) is 12.9. The zero-order chi connectivity index (χ0) is 27.8. The van der Waals surface area contributed by atoms with Crippen molar-refractivity contribution in [2.24, 2.45) is 5.92 Å². The third-order valence-corrected chi connectivity index (χ3v) is 6.98. The molecule has 4 atom stereocenters. The molecule has 38 heavy (non-hydrogen) atoms. The second-order valence-corrected chi connectivity index (χ2v) is 11.5. The molecule has 2 unspecified atom stereocenters. The van der Waals surface area contributed by atoms with E-state index in [-0.39, 0.29) is 35.1 Å². The number of alkyl halides is 3. The van der Waals surface area contributed by atoms with Gasteiger partial charge in [0.2, 0.25) is 0 Å². The van der Waals surface area contributed by atoms with Gasteiger partial charge in [-0.05, 0) is 52.2 Å². The van der Waals surface area contributed by atoms with Crippen LogP contribution >= 0.6 is 0 Å². The Bertz CT molecular complexity index is 1140. The van der Waals surface area contributed by atoms with Gasteiger partial charge in [-0.1, -0.05) is 6.92 Å². The molecule has 3 heterocycles. The van der Waals surface area contributed by atoms with Gasteiger partial charge >= 0.3 is 12.3 Å². The van der Waals surface area contributed by atoms with Gasteiger partial charge in [0.1, 0.15) is 22.9 Å². The molecule has 1 amide bonds. The van der Waals surface area contributed by atoms with E-state index in [9.17, 15) is 23.1 Å². The van der Waals surface area contributed by atoms with Crippen molar-refractivity contribution in [1.29, 1.82) is 0 Å². The Morgan fingerprint density at radius 2 is 1.74 bits per heavy atom. The molecule has 4 rings (SSSR count). The maximum absolute atomic E-state index is 13.5. The normalized spacial score (nSPS) is 23.1. The van der Waals surface area contributed by atoms with Crippen molar-refractivity contribution in [2.75, 3.05) is 31.1 Å². The number of hydrogen-bond donors (Lipinski definition) is 3. The summed E-state index contributed by atoms with van der Waals surface area (Å²) in [5.74, 6) is 0.240. The summed E-state index contributed by atoms with van der Waals surface area (Å²) in [6.07, 6.45) is -2.31. The van der Waals surface area contributed by atoms with Gasteiger partial charge in [-0.3, -0.25) is 20.2 Å². The molecule has 210 valence electrons. The number of nitrogens with one attached hydrogen (secondary N) is 2. The summed E-state index contributed by atoms with van der Waals surface area (Å²) in [6.45, 7) is 11.8. The number of carbonyl (C=O) groups excluding carboxylic acids is 1. The lowest BCUT2D eigenvalue weighted by Gasteiger charge is -2.46. The number of halogens is 3. The Kier molecular flexibility index (Phi) is 8.06. The van der Waals surface area contributed by atoms with Crippen LogP contribution in [-0.2, 0) is 10.9 Å². The third-order valence-electron chi connectivity index (χ3n) is 6.98. The summed E-state index contributed by atoms with van der Waals surface area (Å²) in [7, 11) is 0. The van der Waals surface area contributed by atoms with Crippen LogP contribution in [0.25, 0.3) is 11.0 Å². The number of benzene rings is 1. The molecule has 0 bridgehead atoms. The summed E-state index contributed by atoms with van der Waals surface area (Å²) in [5, 5.41) is 17.1. The predicted molar refractivity (Wildman–Crippen MR) is 138 cm³/mol. The Labute approximate surface area is 220 Å². The molecule has 12 heteroatoms. The van der Waals surface area contributed by atoms with Crippen LogP contribution in [0.15, 0.2) is 24.5 Å². The van der Waals surface area contributed by atoms with E-state index in [1.54, 1.807) is 0 Å². The lowest BCUT2D eigenvalue weighted by atomic mass is 9.94. The van der Waals surface area contributed by atoms with Crippen LogP contribution < -0.4 is 15.5 Å². The van der Waals surface area contributed by atoms with Gasteiger partial charge in [0.05, 0.1) is 17.3 Å². The standard InChI is InChI=1S/C26H37F3N6O3/c1-15-10-17(32-23(36)16(2)34-13-18(14-34)33-24(37)38-25(3,4)5)12-35(11-15)20-7-6-19(26(27,28)29)21-22(20)31-9-8-30-21/h6-9,15-18,23,32,36H,10-14H2,1-5H3,(H,33,37)/t15-,16?,17+,23?/m0/s1. The summed E-state index contributed by atoms with van der Waals surface area (Å²) >= 11 is 0. The van der Waals surface area contributed by atoms with Crippen LogP contribution in [0.3, 0.4) is 0 Å². The smallest absolute Gasteiger partial charge is 0.418 e. The highest BCUT2D eigenvalue weighted by molar-refractivity contribution is 5.90. The van der Waals surface area contributed by atoms with E-state index in [0.29, 0.717) is 31.9 Å². The highest BCUT2D eigenvalue weighted by atomic mass is 19.4. The largest absolute Gasteiger partial charge is 0.444 e. The van der Waals surface area contributed by atoms with Crippen molar-refractivity contribution in [3.05, 3.63) is 30.1 Å². The van der Waals surface area contributed by atoms with E-state index < -0.39 is 29.7 Å². The van der Waals surface area contributed by atoms with Crippen molar-refractivity contribution in [3.8, 4) is 0 Å². The van der Waals surface area contributed by atoms with Gasteiger partial charge in [0.15, 0.2) is 0 Å². The fraction of sp³-hybridized carbons (Fsp3) is 0.654. The molecule has 0 saturated carbocycles. The molecule has 2 aliphatic heterocycles. The molecular weight excluding hydrogens is 501 g/mol. The zero-order valence-corrected chi connectivity index (χ0v) is 22.4. The number of aliphatic hydroxyl groups excluding tert-OH is 1. The Morgan fingerprint density at radius 1 is 1.08 bits per heavy atom. The van der Waals surface area contributed by atoms with Gasteiger partial charge in [-0.25, -0.2) is 4.79 Å². The van der Waals surface area contributed by atoms with Crippen molar-refractivity contribution in [1.82, 2.24) is 25.5 Å². The van der Waals surface area contributed by atoms with Crippen LogP contribution in [-0.4, -0.2) is 82.2 Å². The number of ether oxygens (including phenoxy) is 1. The molecule has 2 aliphatic rings. The molecule has 3 N–H and O–H groups in total. The highest BCUT2D eigenvalue weighted by Crippen LogP contribution is 2.37. The minimum Gasteiger partial charge on any atom is -0.444 e. The number of piperidine rings is 1. The maximum atomic E-state index is 13.5. The SMILES string of the molecule is CC(C(O)N[C@@H]1C[C@H](C)CN(c2ccc(C(F)(F)F)c3nccnc23)C1)N1CC(NC(=O)OC(C)(C)C)C1. The number of carbonyl (C=O) groups is 1. The van der Waals surface area contributed by atoms with Gasteiger partial charge in [0, 0.05) is 50.7 Å². The summed E-state index contributed by atoms with van der Waals surface area (Å²) < 4.78 is 45.9. The van der Waals surface area contributed by atoms with E-state index in [4.69, 9.17) is 4.74 Å². The molecule has 0 spiro atoms. The van der Waals surface area contributed by atoms with Crippen molar-refractivity contribution in [3.63, 3.8) is 0 Å². The average molecular weight is 539 g/mol. The van der Waals surface area contributed by atoms with Crippen LogP contribution in [0.2, 0.25) is 0 Å². The van der Waals surface area contributed by atoms with Gasteiger partial charge in [-0.2, -0.15) is 13.2 Å². The Morgan fingerprint density at radius 3 is 2.37 bits per heavy atom. The maximum Gasteiger partial charge on any atom is 0.418 e. The number of amides is 1. The topological polar surface area (TPSA) is 103 Å². The zero-order valence-electron chi connectivity index (χ0n) is 22.4. The molecule has 2 fully saturated rings. The molecule has 2 aromatic rings. The minimum atomic E-state index is -4.52. The highest BCUT2D eigenvalue weighted by Gasteiger charge is 2.38. The molecule has 1 aromatic carbocycles. The van der Waals surface area contributed by atoms with Gasteiger partial charge < -0.3 is 20.1 Å². The van der Waals surface area contributed by atoms with Gasteiger partial charge in [0.25, 0.3) is 0 Å². The van der Waals surface area contributed by atoms with Crippen molar-refractivity contribution in [2.45, 2.75) is 77.2 Å². The molecule has 1 aromatic heterocycles.